The van der Waals surface area contributed by atoms with Crippen molar-refractivity contribution < 1.29 is 22.4 Å². The van der Waals surface area contributed by atoms with Crippen LogP contribution in [0.2, 0.25) is 10.0 Å². The van der Waals surface area contributed by atoms with Gasteiger partial charge in [0.15, 0.2) is 0 Å². The van der Waals surface area contributed by atoms with Gasteiger partial charge in [-0.05, 0) is 56.2 Å². The number of sulfonamides is 1. The van der Waals surface area contributed by atoms with Gasteiger partial charge in [-0.2, -0.15) is 0 Å². The number of carbonyl (C=O) groups is 2. The van der Waals surface area contributed by atoms with E-state index in [1.54, 1.807) is 31.2 Å². The van der Waals surface area contributed by atoms with E-state index in [0.29, 0.717) is 12.0 Å². The van der Waals surface area contributed by atoms with Crippen LogP contribution in [-0.2, 0) is 26.2 Å². The van der Waals surface area contributed by atoms with Crippen molar-refractivity contribution in [2.45, 2.75) is 57.1 Å². The van der Waals surface area contributed by atoms with Crippen LogP contribution in [-0.4, -0.2) is 43.8 Å². The van der Waals surface area contributed by atoms with Crippen LogP contribution in [0.1, 0.15) is 39.2 Å². The zero-order valence-electron chi connectivity index (χ0n) is 22.5. The minimum atomic E-state index is -4.38. The summed E-state index contributed by atoms with van der Waals surface area (Å²) in [5.74, 6) is -1.96. The highest BCUT2D eigenvalue weighted by molar-refractivity contribution is 7.92. The smallest absolute Gasteiger partial charge is 0.264 e. The lowest BCUT2D eigenvalue weighted by atomic mass is 10.1. The highest BCUT2D eigenvalue weighted by Crippen LogP contribution is 2.29. The van der Waals surface area contributed by atoms with Crippen molar-refractivity contribution in [1.29, 1.82) is 0 Å². The Morgan fingerprint density at radius 3 is 2.08 bits per heavy atom. The van der Waals surface area contributed by atoms with Crippen LogP contribution in [0.5, 0.6) is 0 Å². The number of halogens is 3. The summed E-state index contributed by atoms with van der Waals surface area (Å²) in [6.07, 6.45) is 0.893. The molecule has 11 heteroatoms. The third-order valence-electron chi connectivity index (χ3n) is 6.51. The van der Waals surface area contributed by atoms with E-state index in [0.717, 1.165) is 10.4 Å². The predicted molar refractivity (Wildman–Crippen MR) is 156 cm³/mol. The van der Waals surface area contributed by atoms with Gasteiger partial charge in [0.25, 0.3) is 10.0 Å². The van der Waals surface area contributed by atoms with Crippen LogP contribution in [0.25, 0.3) is 0 Å². The maximum atomic E-state index is 15.0. The van der Waals surface area contributed by atoms with Crippen molar-refractivity contribution in [1.82, 2.24) is 10.2 Å². The van der Waals surface area contributed by atoms with Crippen molar-refractivity contribution in [3.63, 3.8) is 0 Å². The molecule has 3 aromatic rings. The van der Waals surface area contributed by atoms with Gasteiger partial charge in [0.05, 0.1) is 10.6 Å². The summed E-state index contributed by atoms with van der Waals surface area (Å²) in [6, 6.07) is 16.5. The molecule has 0 radical (unpaired) electrons. The minimum Gasteiger partial charge on any atom is -0.352 e. The van der Waals surface area contributed by atoms with E-state index >= 15 is 0 Å². The monoisotopic (exact) mass is 607 g/mol. The molecule has 2 atom stereocenters. The van der Waals surface area contributed by atoms with E-state index in [1.807, 2.05) is 13.8 Å². The first-order valence-electron chi connectivity index (χ1n) is 12.9. The largest absolute Gasteiger partial charge is 0.352 e. The molecule has 0 heterocycles. The Hall–Kier alpha value is -3.14. The molecule has 1 N–H and O–H groups in total. The second-order valence-corrected chi connectivity index (χ2v) is 11.9. The molecule has 0 saturated heterocycles. The predicted octanol–water partition coefficient (Wildman–Crippen LogP) is 6.05. The van der Waals surface area contributed by atoms with Crippen LogP contribution in [0, 0.1) is 5.82 Å². The summed E-state index contributed by atoms with van der Waals surface area (Å²) in [6.45, 7) is 4.56. The Morgan fingerprint density at radius 1 is 0.900 bits per heavy atom. The van der Waals surface area contributed by atoms with Gasteiger partial charge in [0.2, 0.25) is 11.8 Å². The molecule has 2 amide bonds. The second-order valence-electron chi connectivity index (χ2n) is 9.24. The van der Waals surface area contributed by atoms with Crippen LogP contribution in [0.3, 0.4) is 0 Å². The highest BCUT2D eigenvalue weighted by atomic mass is 35.5. The fraction of sp³-hybridized carbons (Fsp3) is 0.310. The number of amides is 2. The molecule has 3 rings (SSSR count). The number of anilines is 1. The number of nitrogens with zero attached hydrogens (tertiary/aromatic N) is 2. The molecule has 0 aliphatic rings. The fourth-order valence-corrected chi connectivity index (χ4v) is 6.06. The molecule has 0 aromatic heterocycles. The first-order chi connectivity index (χ1) is 19.0. The van der Waals surface area contributed by atoms with Gasteiger partial charge in [0.1, 0.15) is 18.4 Å². The van der Waals surface area contributed by atoms with E-state index in [-0.39, 0.29) is 39.6 Å². The molecule has 40 heavy (non-hydrogen) atoms. The van der Waals surface area contributed by atoms with Crippen LogP contribution < -0.4 is 9.62 Å². The second kappa shape index (κ2) is 14.0. The summed E-state index contributed by atoms with van der Waals surface area (Å²) in [7, 11) is -4.38. The first-order valence-corrected chi connectivity index (χ1v) is 15.1. The Bertz CT molecular complexity index is 1420. The summed E-state index contributed by atoms with van der Waals surface area (Å²) >= 11 is 12.8. The first kappa shape index (κ1) is 31.4. The molecule has 0 fully saturated rings. The van der Waals surface area contributed by atoms with Gasteiger partial charge in [0, 0.05) is 28.2 Å². The lowest BCUT2D eigenvalue weighted by Crippen LogP contribution is -2.53. The number of nitrogens with one attached hydrogen (secondary N) is 1. The molecule has 0 saturated carbocycles. The van der Waals surface area contributed by atoms with Crippen LogP contribution >= 0.6 is 23.2 Å². The molecule has 3 aromatic carbocycles. The van der Waals surface area contributed by atoms with E-state index in [9.17, 15) is 22.4 Å². The Kier molecular flexibility index (Phi) is 11.0. The standard InChI is InChI=1S/C29H32Cl2FN3O4S/c1-4-20(3)33-29(37)26(5-2)34(18-22-23(30)14-11-15-24(22)31)28(36)19-35(27-17-10-9-16-25(27)32)40(38,39)21-12-7-6-8-13-21/h6-17,20,26H,4-5,18-19H2,1-3H3,(H,33,37)/t20-,26-/m1/s1. The summed E-state index contributed by atoms with van der Waals surface area (Å²) in [5.41, 5.74) is 0.102. The van der Waals surface area contributed by atoms with Gasteiger partial charge in [-0.25, -0.2) is 12.8 Å². The Labute approximate surface area is 244 Å². The zero-order chi connectivity index (χ0) is 29.4. The lowest BCUT2D eigenvalue weighted by Gasteiger charge is -2.34. The van der Waals surface area contributed by atoms with Gasteiger partial charge in [-0.3, -0.25) is 13.9 Å². The SMILES string of the molecule is CC[C@@H](C)NC(=O)[C@@H](CC)N(Cc1c(Cl)cccc1Cl)C(=O)CN(c1ccccc1F)S(=O)(=O)c1ccccc1. The number of benzene rings is 3. The number of hydrogen-bond acceptors (Lipinski definition) is 4. The van der Waals surface area contributed by atoms with Crippen molar-refractivity contribution in [3.8, 4) is 0 Å². The summed E-state index contributed by atoms with van der Waals surface area (Å²) < 4.78 is 43.2. The van der Waals surface area contributed by atoms with E-state index in [1.165, 1.54) is 47.4 Å². The molecular formula is C29H32Cl2FN3O4S. The maximum absolute atomic E-state index is 15.0. The van der Waals surface area contributed by atoms with Gasteiger partial charge in [-0.15, -0.1) is 0 Å². The molecule has 0 spiro atoms. The van der Waals surface area contributed by atoms with E-state index in [4.69, 9.17) is 23.2 Å². The molecule has 0 unspecified atom stereocenters. The molecule has 7 nitrogen and oxygen atoms in total. The topological polar surface area (TPSA) is 86.8 Å². The quantitative estimate of drug-likeness (QED) is 0.271. The zero-order valence-corrected chi connectivity index (χ0v) is 24.8. The normalized spacial score (nSPS) is 12.8. The number of para-hydroxylation sites is 1. The summed E-state index contributed by atoms with van der Waals surface area (Å²) in [5, 5.41) is 3.46. The number of rotatable bonds is 12. The van der Waals surface area contributed by atoms with Crippen LogP contribution in [0.15, 0.2) is 77.7 Å². The molecular weight excluding hydrogens is 576 g/mol. The maximum Gasteiger partial charge on any atom is 0.264 e. The average Bonchev–Trinajstić information content (AvgIpc) is 2.93. The Morgan fingerprint density at radius 2 is 1.50 bits per heavy atom. The van der Waals surface area contributed by atoms with Crippen molar-refractivity contribution >= 4 is 50.7 Å². The van der Waals surface area contributed by atoms with E-state index < -0.39 is 40.2 Å². The van der Waals surface area contributed by atoms with Crippen molar-refractivity contribution in [2.75, 3.05) is 10.8 Å². The summed E-state index contributed by atoms with van der Waals surface area (Å²) in [4.78, 5) is 28.5. The fourth-order valence-electron chi connectivity index (χ4n) is 4.10. The Balaban J connectivity index is 2.10. The van der Waals surface area contributed by atoms with E-state index in [2.05, 4.69) is 5.32 Å². The molecule has 0 aliphatic heterocycles. The molecule has 214 valence electrons. The van der Waals surface area contributed by atoms with Crippen molar-refractivity contribution in [3.05, 3.63) is 94.2 Å². The average molecular weight is 609 g/mol. The van der Waals surface area contributed by atoms with Gasteiger partial charge < -0.3 is 10.2 Å². The van der Waals surface area contributed by atoms with Gasteiger partial charge in [-0.1, -0.05) is 73.4 Å². The molecule has 0 aliphatic carbocycles. The lowest BCUT2D eigenvalue weighted by molar-refractivity contribution is -0.140. The van der Waals surface area contributed by atoms with Gasteiger partial charge >= 0.3 is 0 Å². The van der Waals surface area contributed by atoms with Crippen molar-refractivity contribution in [2.24, 2.45) is 0 Å². The number of carbonyl (C=O) groups excluding carboxylic acids is 2. The van der Waals surface area contributed by atoms with Crippen LogP contribution in [0.4, 0.5) is 10.1 Å². The third-order valence-corrected chi connectivity index (χ3v) is 8.99. The molecule has 0 bridgehead atoms. The number of hydrogen-bond donors (Lipinski definition) is 1. The minimum absolute atomic E-state index is 0.117. The third kappa shape index (κ3) is 7.33. The highest BCUT2D eigenvalue weighted by Gasteiger charge is 2.35.